The van der Waals surface area contributed by atoms with E-state index >= 15 is 4.79 Å². The lowest BCUT2D eigenvalue weighted by molar-refractivity contribution is -0.164. The molecule has 2 fully saturated rings. The highest BCUT2D eigenvalue weighted by Gasteiger charge is 2.73. The lowest BCUT2D eigenvalue weighted by Crippen LogP contribution is -2.55. The Morgan fingerprint density at radius 3 is 2.24 bits per heavy atom. The van der Waals surface area contributed by atoms with Gasteiger partial charge < -0.3 is 28.9 Å². The van der Waals surface area contributed by atoms with E-state index in [4.69, 9.17) is 14.2 Å². The summed E-state index contributed by atoms with van der Waals surface area (Å²) in [6.45, 7) is 2.54. The van der Waals surface area contributed by atoms with Gasteiger partial charge in [-0.25, -0.2) is 0 Å². The molecule has 3 amide bonds. The number of methoxy groups -OCH3 is 1. The first-order valence-corrected chi connectivity index (χ1v) is 17.5. The van der Waals surface area contributed by atoms with Crippen LogP contribution in [0.2, 0.25) is 0 Å². The predicted octanol–water partition coefficient (Wildman–Crippen LogP) is 4.86. The molecule has 0 saturated carbocycles. The molecule has 7 atom stereocenters. The molecule has 0 aliphatic carbocycles. The summed E-state index contributed by atoms with van der Waals surface area (Å²) in [4.78, 5) is 62.5. The molecule has 0 radical (unpaired) electrons. The van der Waals surface area contributed by atoms with Gasteiger partial charge in [-0.1, -0.05) is 97.1 Å². The quantitative estimate of drug-likeness (QED) is 0.269. The Morgan fingerprint density at radius 2 is 1.53 bits per heavy atom. The summed E-state index contributed by atoms with van der Waals surface area (Å²) in [6.07, 6.45) is 6.58. The van der Waals surface area contributed by atoms with Crippen LogP contribution in [0.4, 0.5) is 0 Å². The largest absolute Gasteiger partial charge is 0.497 e. The average molecular weight is 690 g/mol. The maximum absolute atomic E-state index is 15.0. The van der Waals surface area contributed by atoms with Crippen LogP contribution in [0.5, 0.6) is 5.75 Å². The van der Waals surface area contributed by atoms with Gasteiger partial charge in [-0.3, -0.25) is 19.2 Å². The number of amides is 3. The molecule has 2 saturated heterocycles. The number of hydrogen-bond donors (Lipinski definition) is 0. The molecule has 3 aromatic rings. The van der Waals surface area contributed by atoms with E-state index in [2.05, 4.69) is 0 Å². The van der Waals surface area contributed by atoms with Gasteiger partial charge >= 0.3 is 5.97 Å². The van der Waals surface area contributed by atoms with Crippen molar-refractivity contribution in [2.75, 3.05) is 20.7 Å². The normalized spacial score (nSPS) is 29.4. The van der Waals surface area contributed by atoms with Crippen molar-refractivity contribution in [3.63, 3.8) is 0 Å². The first-order valence-electron chi connectivity index (χ1n) is 17.5. The summed E-state index contributed by atoms with van der Waals surface area (Å²) in [6, 6.07) is 24.8. The average Bonchev–Trinajstić information content (AvgIpc) is 3.80. The Bertz CT molecular complexity index is 1830. The highest BCUT2D eigenvalue weighted by atomic mass is 16.6. The molecule has 0 aromatic heterocycles. The van der Waals surface area contributed by atoms with Crippen LogP contribution in [-0.2, 0) is 41.7 Å². The molecule has 5 bridgehead atoms. The van der Waals surface area contributed by atoms with Crippen molar-refractivity contribution in [2.24, 2.45) is 11.8 Å². The highest BCUT2D eigenvalue weighted by molar-refractivity contribution is 5.99. The monoisotopic (exact) mass is 689 g/mol. The number of rotatable bonds is 6. The molecule has 0 N–H and O–H groups in total. The number of carbonyl (C=O) groups excluding carboxylic acids is 4. The Hall–Kier alpha value is -5.22. The Morgan fingerprint density at radius 1 is 0.843 bits per heavy atom. The number of carbonyl (C=O) groups is 4. The van der Waals surface area contributed by atoms with Gasteiger partial charge in [0, 0.05) is 33.1 Å². The van der Waals surface area contributed by atoms with Gasteiger partial charge in [-0.05, 0) is 42.2 Å². The minimum Gasteiger partial charge on any atom is -0.497 e. The number of likely N-dealkylation sites (tertiary alicyclic amines) is 1. The second kappa shape index (κ2) is 14.2. The zero-order valence-corrected chi connectivity index (χ0v) is 29.1. The maximum atomic E-state index is 15.0. The number of fused-ring (bicyclic) bond motifs is 2. The molecule has 10 heteroatoms. The number of ether oxygens (including phenoxy) is 3. The van der Waals surface area contributed by atoms with Crippen molar-refractivity contribution in [3.8, 4) is 5.75 Å². The summed E-state index contributed by atoms with van der Waals surface area (Å²) >= 11 is 0. The zero-order valence-electron chi connectivity index (χ0n) is 29.1. The van der Waals surface area contributed by atoms with Gasteiger partial charge in [0.15, 0.2) is 0 Å². The van der Waals surface area contributed by atoms with Crippen LogP contribution in [0.3, 0.4) is 0 Å². The smallest absolute Gasteiger partial charge is 0.313 e. The lowest BCUT2D eigenvalue weighted by atomic mass is 9.74. The third-order valence-corrected chi connectivity index (χ3v) is 10.8. The van der Waals surface area contributed by atoms with Crippen LogP contribution in [0.25, 0.3) is 0 Å². The molecule has 4 aliphatic rings. The molecule has 1 spiro atoms. The van der Waals surface area contributed by atoms with Gasteiger partial charge in [0.25, 0.3) is 0 Å². The summed E-state index contributed by atoms with van der Waals surface area (Å²) in [5.41, 5.74) is 1.09. The van der Waals surface area contributed by atoms with Crippen molar-refractivity contribution in [2.45, 2.75) is 62.7 Å². The number of cyclic esters (lactones) is 1. The number of allylic oxidation sites excluding steroid dienone is 1. The zero-order chi connectivity index (χ0) is 35.7. The third-order valence-electron chi connectivity index (χ3n) is 10.8. The van der Waals surface area contributed by atoms with Crippen molar-refractivity contribution in [1.29, 1.82) is 0 Å². The van der Waals surface area contributed by atoms with Crippen LogP contribution in [0.15, 0.2) is 109 Å². The maximum Gasteiger partial charge on any atom is 0.313 e. The van der Waals surface area contributed by atoms with E-state index in [9.17, 15) is 14.4 Å². The number of likely N-dealkylation sites (N-methyl/N-ethyl adjacent to an activating group) is 1. The van der Waals surface area contributed by atoms with Gasteiger partial charge in [-0.2, -0.15) is 0 Å². The number of benzene rings is 3. The van der Waals surface area contributed by atoms with Gasteiger partial charge in [0.2, 0.25) is 17.7 Å². The van der Waals surface area contributed by atoms with Crippen LogP contribution >= 0.6 is 0 Å². The van der Waals surface area contributed by atoms with Gasteiger partial charge in [0.05, 0.1) is 25.2 Å². The fourth-order valence-electron chi connectivity index (χ4n) is 7.95. The fourth-order valence-corrected chi connectivity index (χ4v) is 7.95. The minimum atomic E-state index is -1.37. The molecule has 3 aromatic carbocycles. The van der Waals surface area contributed by atoms with Crippen molar-refractivity contribution < 1.29 is 33.4 Å². The molecular formula is C41H43N3O7. The van der Waals surface area contributed by atoms with Crippen molar-refractivity contribution >= 4 is 23.7 Å². The molecule has 7 rings (SSSR count). The van der Waals surface area contributed by atoms with Crippen molar-refractivity contribution in [1.82, 2.24) is 14.7 Å². The lowest BCUT2D eigenvalue weighted by Gasteiger charge is -2.36. The van der Waals surface area contributed by atoms with Crippen LogP contribution in [-0.4, -0.2) is 82.9 Å². The fraction of sp³-hybridized carbons (Fsp3) is 0.366. The summed E-state index contributed by atoms with van der Waals surface area (Å²) in [5, 5.41) is 0. The van der Waals surface area contributed by atoms with E-state index in [0.717, 1.165) is 16.7 Å². The summed E-state index contributed by atoms with van der Waals surface area (Å²) < 4.78 is 18.3. The second-order valence-corrected chi connectivity index (χ2v) is 13.7. The van der Waals surface area contributed by atoms with E-state index in [1.807, 2.05) is 110 Å². The molecule has 0 unspecified atom stereocenters. The van der Waals surface area contributed by atoms with E-state index in [1.54, 1.807) is 34.9 Å². The number of nitrogens with zero attached hydrogens (tertiary/aromatic N) is 3. The molecule has 264 valence electrons. The number of hydrogen-bond acceptors (Lipinski definition) is 7. The molecule has 4 heterocycles. The van der Waals surface area contributed by atoms with E-state index in [0.29, 0.717) is 18.7 Å². The third kappa shape index (κ3) is 6.33. The van der Waals surface area contributed by atoms with Gasteiger partial charge in [0.1, 0.15) is 29.4 Å². The summed E-state index contributed by atoms with van der Waals surface area (Å²) in [5.74, 6) is -2.63. The Kier molecular flexibility index (Phi) is 9.52. The first kappa shape index (κ1) is 34.2. The second-order valence-electron chi connectivity index (χ2n) is 13.7. The first-order chi connectivity index (χ1) is 24.7. The van der Waals surface area contributed by atoms with E-state index in [-0.39, 0.29) is 37.2 Å². The Labute approximate surface area is 298 Å². The van der Waals surface area contributed by atoms with Crippen LogP contribution < -0.4 is 4.74 Å². The highest BCUT2D eigenvalue weighted by Crippen LogP contribution is 2.56. The van der Waals surface area contributed by atoms with E-state index < -0.39 is 47.7 Å². The van der Waals surface area contributed by atoms with Crippen LogP contribution in [0, 0.1) is 11.8 Å². The number of esters is 1. The summed E-state index contributed by atoms with van der Waals surface area (Å²) in [7, 11) is 3.31. The standard InChI is InChI=1S/C41H43N3O7/c1-27-36(30-15-9-5-10-16-30)50-40(48)34-32-22-23-41(51-32)35(34)38(46)44(26-29-18-20-31(49-3)21-19-29)37(41)39(47)43(25-28-13-7-4-8-14-28)24-12-6-11-17-33(45)42(27)2/h4-10,12-16,18-23,27,32,34-37H,11,17,24-26H2,1-3H3/t27-,32-,34-,35+,36+,37-,41-/m1/s1. The predicted molar refractivity (Wildman–Crippen MR) is 189 cm³/mol. The topological polar surface area (TPSA) is 106 Å². The Balaban J connectivity index is 1.32. The molecule has 10 nitrogen and oxygen atoms in total. The minimum absolute atomic E-state index is 0.0979. The van der Waals surface area contributed by atoms with Crippen LogP contribution in [0.1, 0.15) is 42.6 Å². The molecular weight excluding hydrogens is 646 g/mol. The molecule has 4 aliphatic heterocycles. The SMILES string of the molecule is COc1ccc(CN2C(=O)[C@@H]3[C@@H]4C(=O)O[C@H](c5ccccc5)[C@@H](C)N(C)C(=O)CCC=CCN(Cc5ccccc5)C(=O)[C@@H]2[C@@]32C=C[C@H]4O2)cc1. The van der Waals surface area contributed by atoms with E-state index in [1.165, 1.54) is 0 Å². The van der Waals surface area contributed by atoms with Gasteiger partial charge in [-0.15, -0.1) is 0 Å². The van der Waals surface area contributed by atoms with Crippen molar-refractivity contribution in [3.05, 3.63) is 126 Å². The molecule has 51 heavy (non-hydrogen) atoms.